The first-order valence-electron chi connectivity index (χ1n) is 8.12. The lowest BCUT2D eigenvalue weighted by Gasteiger charge is -2.09. The van der Waals surface area contributed by atoms with E-state index in [9.17, 15) is 4.79 Å². The van der Waals surface area contributed by atoms with Gasteiger partial charge in [-0.3, -0.25) is 9.48 Å². The molecule has 0 aliphatic carbocycles. The third kappa shape index (κ3) is 4.23. The Balaban J connectivity index is 1.74. The van der Waals surface area contributed by atoms with E-state index in [1.54, 1.807) is 30.1 Å². The van der Waals surface area contributed by atoms with Crippen molar-refractivity contribution < 1.29 is 9.53 Å². The van der Waals surface area contributed by atoms with Gasteiger partial charge in [-0.1, -0.05) is 48.5 Å². The highest BCUT2D eigenvalue weighted by atomic mass is 16.5. The minimum Gasteiger partial charge on any atom is -0.488 e. The molecule has 3 aromatic rings. The van der Waals surface area contributed by atoms with Crippen molar-refractivity contribution >= 4 is 11.9 Å². The average Bonchev–Trinajstić information content (AvgIpc) is 2.98. The van der Waals surface area contributed by atoms with Gasteiger partial charge in [0.15, 0.2) is 5.78 Å². The third-order valence-corrected chi connectivity index (χ3v) is 3.85. The Morgan fingerprint density at radius 1 is 1.12 bits per heavy atom. The van der Waals surface area contributed by atoms with Crippen molar-refractivity contribution in [3.63, 3.8) is 0 Å². The zero-order chi connectivity index (χ0) is 17.6. The highest BCUT2D eigenvalue weighted by molar-refractivity contribution is 6.07. The summed E-state index contributed by atoms with van der Waals surface area (Å²) >= 11 is 0. The van der Waals surface area contributed by atoms with E-state index in [0.717, 1.165) is 22.6 Å². The SMILES string of the molecule is Cc1nn(C)cc1C(=O)/C=C/c1ccccc1OCc1ccccc1. The molecule has 2 aromatic carbocycles. The van der Waals surface area contributed by atoms with Crippen molar-refractivity contribution in [1.29, 1.82) is 0 Å². The summed E-state index contributed by atoms with van der Waals surface area (Å²) in [7, 11) is 1.81. The summed E-state index contributed by atoms with van der Waals surface area (Å²) in [6.45, 7) is 2.32. The van der Waals surface area contributed by atoms with E-state index in [1.807, 2.05) is 61.5 Å². The maximum atomic E-state index is 12.4. The van der Waals surface area contributed by atoms with Gasteiger partial charge in [-0.2, -0.15) is 5.10 Å². The quantitative estimate of drug-likeness (QED) is 0.502. The van der Waals surface area contributed by atoms with E-state index >= 15 is 0 Å². The highest BCUT2D eigenvalue weighted by Crippen LogP contribution is 2.21. The van der Waals surface area contributed by atoms with Crippen molar-refractivity contribution in [2.75, 3.05) is 0 Å². The number of aryl methyl sites for hydroxylation is 2. The van der Waals surface area contributed by atoms with E-state index in [0.29, 0.717) is 12.2 Å². The molecule has 0 radical (unpaired) electrons. The first-order chi connectivity index (χ1) is 12.1. The Kier molecular flexibility index (Phi) is 5.09. The predicted octanol–water partition coefficient (Wildman–Crippen LogP) is 4.20. The molecular formula is C21H20N2O2. The molecule has 0 N–H and O–H groups in total. The monoisotopic (exact) mass is 332 g/mol. The number of hydrogen-bond donors (Lipinski definition) is 0. The van der Waals surface area contributed by atoms with Crippen LogP contribution in [-0.4, -0.2) is 15.6 Å². The molecule has 0 bridgehead atoms. The van der Waals surface area contributed by atoms with E-state index < -0.39 is 0 Å². The van der Waals surface area contributed by atoms with Crippen molar-refractivity contribution in [1.82, 2.24) is 9.78 Å². The first kappa shape index (κ1) is 16.7. The number of para-hydroxylation sites is 1. The van der Waals surface area contributed by atoms with E-state index in [4.69, 9.17) is 4.74 Å². The Hall–Kier alpha value is -3.14. The standard InChI is InChI=1S/C21H20N2O2/c1-16-19(14-23(2)22-16)20(24)13-12-18-10-6-7-11-21(18)25-15-17-8-4-3-5-9-17/h3-14H,15H2,1-2H3/b13-12+. The van der Waals surface area contributed by atoms with Crippen LogP contribution in [0.2, 0.25) is 0 Å². The van der Waals surface area contributed by atoms with Gasteiger partial charge < -0.3 is 4.74 Å². The zero-order valence-electron chi connectivity index (χ0n) is 14.3. The summed E-state index contributed by atoms with van der Waals surface area (Å²) in [5, 5.41) is 4.20. The largest absolute Gasteiger partial charge is 0.488 e. The van der Waals surface area contributed by atoms with Crippen LogP contribution in [0.5, 0.6) is 5.75 Å². The fraction of sp³-hybridized carbons (Fsp3) is 0.143. The van der Waals surface area contributed by atoms with Crippen LogP contribution in [0.15, 0.2) is 66.9 Å². The topological polar surface area (TPSA) is 44.1 Å². The normalized spacial score (nSPS) is 11.0. The van der Waals surface area contributed by atoms with Gasteiger partial charge in [-0.25, -0.2) is 0 Å². The number of carbonyl (C=O) groups excluding carboxylic acids is 1. The maximum absolute atomic E-state index is 12.4. The Morgan fingerprint density at radius 3 is 2.56 bits per heavy atom. The van der Waals surface area contributed by atoms with E-state index in [1.165, 1.54) is 0 Å². The lowest BCUT2D eigenvalue weighted by molar-refractivity contribution is 0.104. The second kappa shape index (κ2) is 7.62. The Labute approximate surface area is 147 Å². The van der Waals surface area contributed by atoms with Crippen molar-refractivity contribution in [2.24, 2.45) is 7.05 Å². The smallest absolute Gasteiger partial charge is 0.189 e. The van der Waals surface area contributed by atoms with Crippen LogP contribution < -0.4 is 4.74 Å². The van der Waals surface area contributed by atoms with Crippen LogP contribution >= 0.6 is 0 Å². The molecular weight excluding hydrogens is 312 g/mol. The highest BCUT2D eigenvalue weighted by Gasteiger charge is 2.10. The maximum Gasteiger partial charge on any atom is 0.189 e. The second-order valence-electron chi connectivity index (χ2n) is 5.81. The fourth-order valence-electron chi connectivity index (χ4n) is 2.58. The van der Waals surface area contributed by atoms with Crippen molar-refractivity contribution in [2.45, 2.75) is 13.5 Å². The zero-order valence-corrected chi connectivity index (χ0v) is 14.3. The van der Waals surface area contributed by atoms with Gasteiger partial charge in [0.25, 0.3) is 0 Å². The molecule has 0 amide bonds. The summed E-state index contributed by atoms with van der Waals surface area (Å²) < 4.78 is 7.56. The minimum atomic E-state index is -0.0662. The molecule has 3 rings (SSSR count). The molecule has 0 spiro atoms. The van der Waals surface area contributed by atoms with Gasteiger partial charge in [0.1, 0.15) is 12.4 Å². The molecule has 0 atom stereocenters. The fourth-order valence-corrected chi connectivity index (χ4v) is 2.58. The molecule has 0 saturated heterocycles. The number of allylic oxidation sites excluding steroid dienone is 1. The average molecular weight is 332 g/mol. The first-order valence-corrected chi connectivity index (χ1v) is 8.12. The molecule has 0 fully saturated rings. The number of ketones is 1. The number of nitrogens with zero attached hydrogens (tertiary/aromatic N) is 2. The van der Waals surface area contributed by atoms with Crippen LogP contribution in [0, 0.1) is 6.92 Å². The number of ether oxygens (including phenoxy) is 1. The van der Waals surface area contributed by atoms with E-state index in [-0.39, 0.29) is 5.78 Å². The molecule has 126 valence electrons. The van der Waals surface area contributed by atoms with Gasteiger partial charge in [0.2, 0.25) is 0 Å². The molecule has 1 heterocycles. The van der Waals surface area contributed by atoms with Crippen LogP contribution in [0.3, 0.4) is 0 Å². The van der Waals surface area contributed by atoms with Crippen LogP contribution in [0.25, 0.3) is 6.08 Å². The number of aromatic nitrogens is 2. The van der Waals surface area contributed by atoms with Crippen molar-refractivity contribution in [3.05, 3.63) is 89.3 Å². The molecule has 4 nitrogen and oxygen atoms in total. The van der Waals surface area contributed by atoms with Gasteiger partial charge in [-0.15, -0.1) is 0 Å². The Morgan fingerprint density at radius 2 is 1.84 bits per heavy atom. The van der Waals surface area contributed by atoms with Gasteiger partial charge in [-0.05, 0) is 30.7 Å². The molecule has 1 aromatic heterocycles. The summed E-state index contributed by atoms with van der Waals surface area (Å²) in [5.41, 5.74) is 3.31. The molecule has 4 heteroatoms. The third-order valence-electron chi connectivity index (χ3n) is 3.85. The molecule has 0 aliphatic heterocycles. The summed E-state index contributed by atoms with van der Waals surface area (Å²) in [4.78, 5) is 12.4. The lowest BCUT2D eigenvalue weighted by Crippen LogP contribution is -1.97. The lowest BCUT2D eigenvalue weighted by atomic mass is 10.1. The van der Waals surface area contributed by atoms with Gasteiger partial charge in [0.05, 0.1) is 11.3 Å². The molecule has 0 unspecified atom stereocenters. The summed E-state index contributed by atoms with van der Waals surface area (Å²) in [6.07, 6.45) is 5.09. The van der Waals surface area contributed by atoms with Crippen LogP contribution in [-0.2, 0) is 13.7 Å². The molecule has 0 saturated carbocycles. The van der Waals surface area contributed by atoms with Crippen LogP contribution in [0.4, 0.5) is 0 Å². The number of hydrogen-bond acceptors (Lipinski definition) is 3. The predicted molar refractivity (Wildman–Crippen MR) is 98.5 cm³/mol. The Bertz CT molecular complexity index is 895. The number of rotatable bonds is 6. The van der Waals surface area contributed by atoms with Crippen molar-refractivity contribution in [3.8, 4) is 5.75 Å². The summed E-state index contributed by atoms with van der Waals surface area (Å²) in [5.74, 6) is 0.682. The summed E-state index contributed by atoms with van der Waals surface area (Å²) in [6, 6.07) is 17.7. The van der Waals surface area contributed by atoms with Gasteiger partial charge in [0, 0.05) is 18.8 Å². The molecule has 25 heavy (non-hydrogen) atoms. The molecule has 0 aliphatic rings. The van der Waals surface area contributed by atoms with Gasteiger partial charge >= 0.3 is 0 Å². The van der Waals surface area contributed by atoms with E-state index in [2.05, 4.69) is 5.10 Å². The second-order valence-corrected chi connectivity index (χ2v) is 5.81. The van der Waals surface area contributed by atoms with Crippen LogP contribution in [0.1, 0.15) is 27.2 Å². The minimum absolute atomic E-state index is 0.0662. The number of benzene rings is 2. The number of carbonyl (C=O) groups is 1.